The molecule has 0 saturated carbocycles. The van der Waals surface area contributed by atoms with E-state index in [0.717, 1.165) is 0 Å². The van der Waals surface area contributed by atoms with Gasteiger partial charge in [0.05, 0.1) is 6.61 Å². The van der Waals surface area contributed by atoms with E-state index in [2.05, 4.69) is 21.2 Å². The smallest absolute Gasteiger partial charge is 0.332 e. The van der Waals surface area contributed by atoms with Crippen LogP contribution in [0.25, 0.3) is 0 Å². The molecular formula is C10H12BrNO5. The van der Waals surface area contributed by atoms with Crippen LogP contribution in [0.1, 0.15) is 17.5 Å². The highest BCUT2D eigenvalue weighted by Crippen LogP contribution is 2.13. The molecule has 94 valence electrons. The third kappa shape index (κ3) is 4.58. The van der Waals surface area contributed by atoms with Crippen LogP contribution in [0.15, 0.2) is 21.2 Å². The summed E-state index contributed by atoms with van der Waals surface area (Å²) in [6.45, 7) is 1.77. The normalized spacial score (nSPS) is 12.1. The van der Waals surface area contributed by atoms with Gasteiger partial charge in [-0.05, 0) is 35.0 Å². The fourth-order valence-electron chi connectivity index (χ4n) is 0.995. The Morgan fingerprint density at radius 2 is 2.29 bits per heavy atom. The molecular weight excluding hydrogens is 294 g/mol. The van der Waals surface area contributed by atoms with Crippen molar-refractivity contribution in [2.24, 2.45) is 0 Å². The van der Waals surface area contributed by atoms with Crippen molar-refractivity contribution in [2.45, 2.75) is 13.0 Å². The van der Waals surface area contributed by atoms with E-state index in [-0.39, 0.29) is 24.8 Å². The fraction of sp³-hybridized carbons (Fsp3) is 0.400. The molecule has 0 aromatic carbocycles. The van der Waals surface area contributed by atoms with E-state index in [4.69, 9.17) is 14.3 Å². The van der Waals surface area contributed by atoms with Gasteiger partial charge in [-0.2, -0.15) is 0 Å². The second-order valence-electron chi connectivity index (χ2n) is 3.21. The van der Waals surface area contributed by atoms with Gasteiger partial charge in [0.15, 0.2) is 16.5 Å². The molecule has 0 radical (unpaired) electrons. The van der Waals surface area contributed by atoms with Gasteiger partial charge in [0.25, 0.3) is 5.91 Å². The molecule has 0 bridgehead atoms. The quantitative estimate of drug-likeness (QED) is 0.772. The van der Waals surface area contributed by atoms with Crippen molar-refractivity contribution in [2.75, 3.05) is 13.2 Å². The molecule has 1 aromatic rings. The van der Waals surface area contributed by atoms with Crippen LogP contribution in [-0.4, -0.2) is 36.2 Å². The summed E-state index contributed by atoms with van der Waals surface area (Å²) in [5.74, 6) is -1.23. The van der Waals surface area contributed by atoms with E-state index < -0.39 is 12.1 Å². The third-order valence-electron chi connectivity index (χ3n) is 1.90. The summed E-state index contributed by atoms with van der Waals surface area (Å²) in [5.41, 5.74) is 0. The predicted molar refractivity (Wildman–Crippen MR) is 61.8 cm³/mol. The van der Waals surface area contributed by atoms with E-state index >= 15 is 0 Å². The Hall–Kier alpha value is -1.34. The summed E-state index contributed by atoms with van der Waals surface area (Å²) in [7, 11) is 0. The number of furan rings is 1. The molecule has 0 aliphatic heterocycles. The van der Waals surface area contributed by atoms with Gasteiger partial charge in [-0.3, -0.25) is 4.79 Å². The standard InChI is InChI=1S/C10H12BrNO5/c1-6(10(14)15)16-5-4-12-9(13)7-2-3-8(11)17-7/h2-3,6H,4-5H2,1H3,(H,12,13)(H,14,15). The van der Waals surface area contributed by atoms with Crippen molar-refractivity contribution < 1.29 is 23.8 Å². The van der Waals surface area contributed by atoms with Crippen LogP contribution < -0.4 is 5.32 Å². The number of rotatable bonds is 6. The molecule has 1 atom stereocenters. The number of hydrogen-bond acceptors (Lipinski definition) is 4. The zero-order chi connectivity index (χ0) is 12.8. The topological polar surface area (TPSA) is 88.8 Å². The lowest BCUT2D eigenvalue weighted by Crippen LogP contribution is -2.29. The minimum Gasteiger partial charge on any atom is -0.479 e. The molecule has 0 spiro atoms. The maximum absolute atomic E-state index is 11.4. The Labute approximate surface area is 106 Å². The summed E-state index contributed by atoms with van der Waals surface area (Å²) in [4.78, 5) is 21.9. The van der Waals surface area contributed by atoms with Gasteiger partial charge in [-0.15, -0.1) is 0 Å². The summed E-state index contributed by atoms with van der Waals surface area (Å²) in [6, 6.07) is 3.14. The van der Waals surface area contributed by atoms with E-state index in [1.807, 2.05) is 0 Å². The molecule has 0 fully saturated rings. The van der Waals surface area contributed by atoms with Crippen molar-refractivity contribution >= 4 is 27.8 Å². The second-order valence-corrected chi connectivity index (χ2v) is 3.99. The number of carbonyl (C=O) groups is 2. The number of halogens is 1. The number of ether oxygens (including phenoxy) is 1. The van der Waals surface area contributed by atoms with Crippen molar-refractivity contribution in [3.63, 3.8) is 0 Å². The van der Waals surface area contributed by atoms with E-state index in [9.17, 15) is 9.59 Å². The molecule has 17 heavy (non-hydrogen) atoms. The minimum atomic E-state index is -1.04. The lowest BCUT2D eigenvalue weighted by molar-refractivity contribution is -0.148. The van der Waals surface area contributed by atoms with Crippen LogP contribution in [-0.2, 0) is 9.53 Å². The number of aliphatic carboxylic acids is 1. The van der Waals surface area contributed by atoms with Gasteiger partial charge in [-0.1, -0.05) is 0 Å². The average Bonchev–Trinajstić information content (AvgIpc) is 2.70. The number of carboxylic acids is 1. The summed E-state index contributed by atoms with van der Waals surface area (Å²) in [5, 5.41) is 11.1. The van der Waals surface area contributed by atoms with Crippen molar-refractivity contribution in [3.05, 3.63) is 22.6 Å². The molecule has 1 rings (SSSR count). The fourth-order valence-corrected chi connectivity index (χ4v) is 1.30. The molecule has 0 aliphatic carbocycles. The Kier molecular flexibility index (Phi) is 5.17. The van der Waals surface area contributed by atoms with Crippen molar-refractivity contribution in [1.82, 2.24) is 5.32 Å². The summed E-state index contributed by atoms with van der Waals surface area (Å²) in [6.07, 6.45) is -0.885. The van der Waals surface area contributed by atoms with E-state index in [0.29, 0.717) is 4.67 Å². The molecule has 1 unspecified atom stereocenters. The Balaban J connectivity index is 2.23. The van der Waals surface area contributed by atoms with Crippen LogP contribution in [0.3, 0.4) is 0 Å². The first kappa shape index (κ1) is 13.7. The van der Waals surface area contributed by atoms with Crippen LogP contribution in [0.4, 0.5) is 0 Å². The minimum absolute atomic E-state index is 0.126. The zero-order valence-corrected chi connectivity index (χ0v) is 10.7. The number of nitrogens with one attached hydrogen (secondary N) is 1. The lowest BCUT2D eigenvalue weighted by Gasteiger charge is -2.08. The van der Waals surface area contributed by atoms with Gasteiger partial charge in [0.1, 0.15) is 0 Å². The molecule has 7 heteroatoms. The Morgan fingerprint density at radius 1 is 1.59 bits per heavy atom. The highest BCUT2D eigenvalue weighted by atomic mass is 79.9. The molecule has 1 aromatic heterocycles. The molecule has 1 heterocycles. The number of carbonyl (C=O) groups excluding carboxylic acids is 1. The highest BCUT2D eigenvalue weighted by molar-refractivity contribution is 9.10. The summed E-state index contributed by atoms with van der Waals surface area (Å²) >= 11 is 3.08. The number of hydrogen-bond donors (Lipinski definition) is 2. The largest absolute Gasteiger partial charge is 0.479 e. The molecule has 2 N–H and O–H groups in total. The predicted octanol–water partition coefficient (Wildman–Crippen LogP) is 1.26. The second kappa shape index (κ2) is 6.41. The third-order valence-corrected chi connectivity index (χ3v) is 2.33. The van der Waals surface area contributed by atoms with E-state index in [1.165, 1.54) is 13.0 Å². The average molecular weight is 306 g/mol. The highest BCUT2D eigenvalue weighted by Gasteiger charge is 2.12. The van der Waals surface area contributed by atoms with Crippen LogP contribution in [0.5, 0.6) is 0 Å². The first-order valence-electron chi connectivity index (χ1n) is 4.88. The van der Waals surface area contributed by atoms with Gasteiger partial charge in [-0.25, -0.2) is 4.79 Å². The molecule has 1 amide bonds. The Morgan fingerprint density at radius 3 is 2.82 bits per heavy atom. The van der Waals surface area contributed by atoms with Crippen LogP contribution in [0.2, 0.25) is 0 Å². The van der Waals surface area contributed by atoms with Crippen molar-refractivity contribution in [1.29, 1.82) is 0 Å². The zero-order valence-electron chi connectivity index (χ0n) is 9.10. The lowest BCUT2D eigenvalue weighted by atomic mass is 10.4. The molecule has 0 aliphatic rings. The maximum atomic E-state index is 11.4. The van der Waals surface area contributed by atoms with Crippen molar-refractivity contribution in [3.8, 4) is 0 Å². The molecule has 6 nitrogen and oxygen atoms in total. The van der Waals surface area contributed by atoms with Crippen LogP contribution in [0, 0.1) is 0 Å². The van der Waals surface area contributed by atoms with Gasteiger partial charge in [0.2, 0.25) is 0 Å². The number of carboxylic acid groups (broad SMARTS) is 1. The number of amides is 1. The van der Waals surface area contributed by atoms with Gasteiger partial charge >= 0.3 is 5.97 Å². The van der Waals surface area contributed by atoms with Crippen LogP contribution >= 0.6 is 15.9 Å². The first-order chi connectivity index (χ1) is 8.00. The maximum Gasteiger partial charge on any atom is 0.332 e. The van der Waals surface area contributed by atoms with Gasteiger partial charge in [0, 0.05) is 6.54 Å². The van der Waals surface area contributed by atoms with Gasteiger partial charge < -0.3 is 19.6 Å². The first-order valence-corrected chi connectivity index (χ1v) is 5.68. The molecule has 0 saturated heterocycles. The summed E-state index contributed by atoms with van der Waals surface area (Å²) < 4.78 is 10.4. The SMILES string of the molecule is CC(OCCNC(=O)c1ccc(Br)o1)C(=O)O. The Bertz CT molecular complexity index is 403. The van der Waals surface area contributed by atoms with E-state index in [1.54, 1.807) is 6.07 Å². The monoisotopic (exact) mass is 305 g/mol.